The molecule has 3 aromatic rings. The number of aromatic nitrogens is 2. The van der Waals surface area contributed by atoms with Gasteiger partial charge < -0.3 is 4.74 Å². The van der Waals surface area contributed by atoms with Crippen molar-refractivity contribution in [2.75, 3.05) is 11.9 Å². The number of aryl methyl sites for hydroxylation is 2. The SMILES string of the molecule is Cc1ccc(OCC(=O)Nc2nc(-c3cccs3)ns2)cc1C. The van der Waals surface area contributed by atoms with Crippen LogP contribution in [0.5, 0.6) is 5.75 Å². The van der Waals surface area contributed by atoms with E-state index in [9.17, 15) is 4.79 Å². The van der Waals surface area contributed by atoms with Crippen LogP contribution < -0.4 is 10.1 Å². The molecule has 5 nitrogen and oxygen atoms in total. The van der Waals surface area contributed by atoms with Gasteiger partial charge in [0.25, 0.3) is 5.91 Å². The first kappa shape index (κ1) is 15.6. The molecular formula is C16H15N3O2S2. The zero-order chi connectivity index (χ0) is 16.2. The molecule has 1 amide bonds. The van der Waals surface area contributed by atoms with Gasteiger partial charge in [0, 0.05) is 11.5 Å². The van der Waals surface area contributed by atoms with Crippen LogP contribution in [0.25, 0.3) is 10.7 Å². The topological polar surface area (TPSA) is 64.1 Å². The third-order valence-corrected chi connectivity index (χ3v) is 4.76. The van der Waals surface area contributed by atoms with Crippen LogP contribution in [0.1, 0.15) is 11.1 Å². The van der Waals surface area contributed by atoms with E-state index >= 15 is 0 Å². The maximum absolute atomic E-state index is 11.9. The number of carbonyl (C=O) groups excluding carboxylic acids is 1. The third-order valence-electron chi connectivity index (χ3n) is 3.26. The molecule has 0 fully saturated rings. The highest BCUT2D eigenvalue weighted by Crippen LogP contribution is 2.25. The summed E-state index contributed by atoms with van der Waals surface area (Å²) in [6, 6.07) is 9.64. The molecule has 0 aliphatic rings. The summed E-state index contributed by atoms with van der Waals surface area (Å²) in [5, 5.41) is 5.14. The predicted molar refractivity (Wildman–Crippen MR) is 93.3 cm³/mol. The molecule has 3 rings (SSSR count). The Balaban J connectivity index is 1.56. The van der Waals surface area contributed by atoms with Crippen LogP contribution in [0.4, 0.5) is 5.13 Å². The van der Waals surface area contributed by atoms with Gasteiger partial charge in [-0.15, -0.1) is 11.3 Å². The van der Waals surface area contributed by atoms with Crippen molar-refractivity contribution in [3.05, 3.63) is 46.8 Å². The van der Waals surface area contributed by atoms with Gasteiger partial charge in [0.1, 0.15) is 5.75 Å². The van der Waals surface area contributed by atoms with E-state index in [0.29, 0.717) is 16.7 Å². The van der Waals surface area contributed by atoms with Crippen LogP contribution in [0, 0.1) is 13.8 Å². The van der Waals surface area contributed by atoms with E-state index in [1.165, 1.54) is 5.56 Å². The van der Waals surface area contributed by atoms with Gasteiger partial charge in [0.05, 0.1) is 4.88 Å². The Morgan fingerprint density at radius 1 is 1.26 bits per heavy atom. The van der Waals surface area contributed by atoms with Crippen molar-refractivity contribution >= 4 is 33.9 Å². The second-order valence-electron chi connectivity index (χ2n) is 4.98. The maximum Gasteiger partial charge on any atom is 0.264 e. The normalized spacial score (nSPS) is 10.5. The molecule has 1 N–H and O–H groups in total. The van der Waals surface area contributed by atoms with Crippen LogP contribution >= 0.6 is 22.9 Å². The fraction of sp³-hybridized carbons (Fsp3) is 0.188. The highest BCUT2D eigenvalue weighted by atomic mass is 32.1. The lowest BCUT2D eigenvalue weighted by molar-refractivity contribution is -0.118. The Hall–Kier alpha value is -2.25. The second-order valence-corrected chi connectivity index (χ2v) is 6.68. The maximum atomic E-state index is 11.9. The minimum atomic E-state index is -0.253. The quantitative estimate of drug-likeness (QED) is 0.762. The number of rotatable bonds is 5. The van der Waals surface area contributed by atoms with Crippen molar-refractivity contribution < 1.29 is 9.53 Å². The van der Waals surface area contributed by atoms with Crippen molar-refractivity contribution in [1.29, 1.82) is 0 Å². The van der Waals surface area contributed by atoms with E-state index in [-0.39, 0.29) is 12.5 Å². The zero-order valence-electron chi connectivity index (χ0n) is 12.7. The van der Waals surface area contributed by atoms with Gasteiger partial charge in [-0.2, -0.15) is 9.36 Å². The standard InChI is InChI=1S/C16H15N3O2S2/c1-10-5-6-12(8-11(10)2)21-9-14(20)17-16-18-15(19-23-16)13-4-3-7-22-13/h3-8H,9H2,1-2H3,(H,17,18,19,20). The third kappa shape index (κ3) is 3.94. The summed E-state index contributed by atoms with van der Waals surface area (Å²) < 4.78 is 9.74. The van der Waals surface area contributed by atoms with Crippen molar-refractivity contribution in [2.24, 2.45) is 0 Å². The zero-order valence-corrected chi connectivity index (χ0v) is 14.3. The molecular weight excluding hydrogens is 330 g/mol. The first-order valence-electron chi connectivity index (χ1n) is 6.99. The number of hydrogen-bond donors (Lipinski definition) is 1. The van der Waals surface area contributed by atoms with E-state index in [1.54, 1.807) is 11.3 Å². The number of hydrogen-bond acceptors (Lipinski definition) is 6. The first-order chi connectivity index (χ1) is 11.1. The molecule has 1 aromatic carbocycles. The molecule has 0 atom stereocenters. The first-order valence-corrected chi connectivity index (χ1v) is 8.64. The Morgan fingerprint density at radius 3 is 2.87 bits per heavy atom. The molecule has 0 aliphatic heterocycles. The lowest BCUT2D eigenvalue weighted by Gasteiger charge is -2.07. The van der Waals surface area contributed by atoms with Gasteiger partial charge in [-0.25, -0.2) is 0 Å². The highest BCUT2D eigenvalue weighted by Gasteiger charge is 2.10. The summed E-state index contributed by atoms with van der Waals surface area (Å²) in [5.74, 6) is 1.06. The minimum Gasteiger partial charge on any atom is -0.484 e. The number of nitrogens with one attached hydrogen (secondary N) is 1. The van der Waals surface area contributed by atoms with Crippen molar-refractivity contribution in [2.45, 2.75) is 13.8 Å². The molecule has 2 heterocycles. The van der Waals surface area contributed by atoms with E-state index in [2.05, 4.69) is 14.7 Å². The smallest absolute Gasteiger partial charge is 0.264 e. The summed E-state index contributed by atoms with van der Waals surface area (Å²) in [6.07, 6.45) is 0. The van der Waals surface area contributed by atoms with Crippen molar-refractivity contribution in [3.63, 3.8) is 0 Å². The lowest BCUT2D eigenvalue weighted by atomic mass is 10.1. The van der Waals surface area contributed by atoms with Gasteiger partial charge >= 0.3 is 0 Å². The Bertz CT molecular complexity index is 813. The van der Waals surface area contributed by atoms with Gasteiger partial charge in [-0.05, 0) is 48.6 Å². The fourth-order valence-electron chi connectivity index (χ4n) is 1.89. The van der Waals surface area contributed by atoms with E-state index in [4.69, 9.17) is 4.74 Å². The monoisotopic (exact) mass is 345 g/mol. The molecule has 0 saturated heterocycles. The molecule has 0 saturated carbocycles. The number of nitrogens with zero attached hydrogens (tertiary/aromatic N) is 2. The van der Waals surface area contributed by atoms with Crippen LogP contribution in [0.15, 0.2) is 35.7 Å². The summed E-state index contributed by atoms with van der Waals surface area (Å²) >= 11 is 2.72. The van der Waals surface area contributed by atoms with Gasteiger partial charge in [-0.3, -0.25) is 10.1 Å². The predicted octanol–water partition coefficient (Wildman–Crippen LogP) is 3.90. The molecule has 118 valence electrons. The van der Waals surface area contributed by atoms with E-state index < -0.39 is 0 Å². The van der Waals surface area contributed by atoms with Crippen molar-refractivity contribution in [3.8, 4) is 16.5 Å². The molecule has 0 radical (unpaired) electrons. The van der Waals surface area contributed by atoms with Gasteiger partial charge in [0.2, 0.25) is 5.13 Å². The molecule has 0 unspecified atom stereocenters. The van der Waals surface area contributed by atoms with Gasteiger partial charge in [-0.1, -0.05) is 12.1 Å². The van der Waals surface area contributed by atoms with E-state index in [0.717, 1.165) is 22.0 Å². The average molecular weight is 345 g/mol. The van der Waals surface area contributed by atoms with Crippen LogP contribution in [0.3, 0.4) is 0 Å². The number of thiophene rings is 1. The lowest BCUT2D eigenvalue weighted by Crippen LogP contribution is -2.20. The molecule has 0 bridgehead atoms. The number of amides is 1. The average Bonchev–Trinajstić information content (AvgIpc) is 3.19. The molecule has 23 heavy (non-hydrogen) atoms. The van der Waals surface area contributed by atoms with Crippen LogP contribution in [-0.4, -0.2) is 21.9 Å². The highest BCUT2D eigenvalue weighted by molar-refractivity contribution is 7.14. The summed E-state index contributed by atoms with van der Waals surface area (Å²) in [5.41, 5.74) is 2.32. The molecule has 2 aromatic heterocycles. The molecule has 0 spiro atoms. The van der Waals surface area contributed by atoms with Crippen molar-refractivity contribution in [1.82, 2.24) is 9.36 Å². The summed E-state index contributed by atoms with van der Waals surface area (Å²) in [7, 11) is 0. The second kappa shape index (κ2) is 6.89. The largest absolute Gasteiger partial charge is 0.484 e. The van der Waals surface area contributed by atoms with Crippen LogP contribution in [0.2, 0.25) is 0 Å². The summed E-state index contributed by atoms with van der Waals surface area (Å²) in [4.78, 5) is 17.2. The molecule has 7 heteroatoms. The summed E-state index contributed by atoms with van der Waals surface area (Å²) in [6.45, 7) is 3.98. The number of anilines is 1. The molecule has 0 aliphatic carbocycles. The van der Waals surface area contributed by atoms with Crippen LogP contribution in [-0.2, 0) is 4.79 Å². The van der Waals surface area contributed by atoms with E-state index in [1.807, 2.05) is 49.6 Å². The number of carbonyl (C=O) groups is 1. The minimum absolute atomic E-state index is 0.0591. The number of benzene rings is 1. The Kier molecular flexibility index (Phi) is 4.68. The number of ether oxygens (including phenoxy) is 1. The Morgan fingerprint density at radius 2 is 2.13 bits per heavy atom. The Labute approximate surface area is 142 Å². The van der Waals surface area contributed by atoms with Gasteiger partial charge in [0.15, 0.2) is 12.4 Å². The fourth-order valence-corrected chi connectivity index (χ4v) is 3.20.